The number of carbonyl (C=O) groups is 1. The number of hydrogen-bond donors (Lipinski definition) is 1. The quantitative estimate of drug-likeness (QED) is 0.275. The molecule has 1 amide bonds. The molecule has 2 aromatic carbocycles. The second-order valence-corrected chi connectivity index (χ2v) is 10.7. The number of amides is 1. The molecule has 0 spiro atoms. The van der Waals surface area contributed by atoms with Crippen LogP contribution in [0.25, 0.3) is 5.65 Å². The zero-order valence-electron chi connectivity index (χ0n) is 21.4. The van der Waals surface area contributed by atoms with Crippen LogP contribution >= 0.6 is 15.9 Å². The number of benzene rings is 2. The number of nitrogens with one attached hydrogen (secondary N) is 1. The van der Waals surface area contributed by atoms with Crippen LogP contribution in [0.5, 0.6) is 11.5 Å². The van der Waals surface area contributed by atoms with Crippen LogP contribution in [0.3, 0.4) is 0 Å². The second kappa shape index (κ2) is 11.4. The number of ether oxygens (including phenoxy) is 1. The van der Waals surface area contributed by atoms with Crippen LogP contribution < -0.4 is 10.1 Å². The Morgan fingerprint density at radius 2 is 1.82 bits per heavy atom. The highest BCUT2D eigenvalue weighted by Gasteiger charge is 2.27. The summed E-state index contributed by atoms with van der Waals surface area (Å²) in [5.74, 6) is 3.05. The predicted molar refractivity (Wildman–Crippen MR) is 156 cm³/mol. The van der Waals surface area contributed by atoms with E-state index in [1.54, 1.807) is 6.20 Å². The first-order valence-electron chi connectivity index (χ1n) is 13.2. The number of likely N-dealkylation sites (tertiary alicyclic amines) is 1. The number of allylic oxidation sites excluding steroid dienone is 1. The molecule has 1 fully saturated rings. The van der Waals surface area contributed by atoms with Crippen molar-refractivity contribution in [3.8, 4) is 11.5 Å². The maximum Gasteiger partial charge on any atom is 0.253 e. The summed E-state index contributed by atoms with van der Waals surface area (Å²) in [6, 6.07) is 19.1. The molecule has 1 unspecified atom stereocenters. The second-order valence-electron chi connectivity index (χ2n) is 9.86. The zero-order chi connectivity index (χ0) is 26.6. The summed E-state index contributed by atoms with van der Waals surface area (Å²) in [4.78, 5) is 24.4. The highest BCUT2D eigenvalue weighted by atomic mass is 79.9. The van der Waals surface area contributed by atoms with Gasteiger partial charge in [0.15, 0.2) is 5.65 Å². The van der Waals surface area contributed by atoms with Crippen LogP contribution in [0.4, 0.5) is 5.82 Å². The molecule has 2 aliphatic heterocycles. The van der Waals surface area contributed by atoms with E-state index in [9.17, 15) is 4.79 Å². The molecule has 0 bridgehead atoms. The Balaban J connectivity index is 1.11. The summed E-state index contributed by atoms with van der Waals surface area (Å²) >= 11 is 3.60. The maximum atomic E-state index is 13.2. The molecule has 1 atom stereocenters. The number of para-hydroxylation sites is 1. The minimum absolute atomic E-state index is 0.0483. The van der Waals surface area contributed by atoms with Crippen LogP contribution in [-0.2, 0) is 0 Å². The van der Waals surface area contributed by atoms with Gasteiger partial charge in [-0.3, -0.25) is 9.79 Å². The number of piperidine rings is 1. The number of anilines is 1. The molecule has 1 N–H and O–H groups in total. The molecule has 1 saturated heterocycles. The molecule has 6 rings (SSSR count). The third-order valence-electron chi connectivity index (χ3n) is 7.20. The van der Waals surface area contributed by atoms with Gasteiger partial charge in [0, 0.05) is 61.2 Å². The summed E-state index contributed by atoms with van der Waals surface area (Å²) in [5, 5.41) is 8.06. The number of carbonyl (C=O) groups excluding carboxylic acids is 1. The first-order valence-corrected chi connectivity index (χ1v) is 14.0. The van der Waals surface area contributed by atoms with Crippen molar-refractivity contribution in [3.63, 3.8) is 0 Å². The molecule has 9 heteroatoms. The van der Waals surface area contributed by atoms with Crippen LogP contribution in [0.2, 0.25) is 0 Å². The minimum Gasteiger partial charge on any atom is -0.457 e. The summed E-state index contributed by atoms with van der Waals surface area (Å²) < 4.78 is 8.56. The Bertz CT molecular complexity index is 1510. The van der Waals surface area contributed by atoms with Crippen molar-refractivity contribution in [3.05, 3.63) is 94.9 Å². The summed E-state index contributed by atoms with van der Waals surface area (Å²) in [7, 11) is 0. The van der Waals surface area contributed by atoms with Crippen LogP contribution in [0, 0.1) is 5.92 Å². The standard InChI is InChI=1S/C30H29BrN6O2/c31-26-20-34-37-28(33-19-21-5-4-14-32-18-21)17-27(35-29(26)37)22-12-15-36(16-13-22)30(38)23-8-10-25(11-9-23)39-24-6-2-1-3-7-24/h1-4,6-11,14,17-18,20-22,33H,5,12-13,15-16,19H2. The molecule has 8 nitrogen and oxygen atoms in total. The third-order valence-corrected chi connectivity index (χ3v) is 7.76. The fourth-order valence-corrected chi connectivity index (χ4v) is 5.39. The van der Waals surface area contributed by atoms with Crippen molar-refractivity contribution in [1.82, 2.24) is 19.5 Å². The molecule has 198 valence electrons. The third kappa shape index (κ3) is 5.73. The Morgan fingerprint density at radius 1 is 1.05 bits per heavy atom. The molecule has 0 saturated carbocycles. The summed E-state index contributed by atoms with van der Waals surface area (Å²) in [6.07, 6.45) is 10.4. The molecule has 2 aromatic heterocycles. The van der Waals surface area contributed by atoms with E-state index in [-0.39, 0.29) is 11.8 Å². The maximum absolute atomic E-state index is 13.2. The van der Waals surface area contributed by atoms with E-state index < -0.39 is 0 Å². The van der Waals surface area contributed by atoms with Gasteiger partial charge in [0.1, 0.15) is 17.3 Å². The first kappa shape index (κ1) is 25.3. The molecular formula is C30H29BrN6O2. The fourth-order valence-electron chi connectivity index (χ4n) is 5.04. The van der Waals surface area contributed by atoms with Crippen molar-refractivity contribution < 1.29 is 9.53 Å². The Kier molecular flexibility index (Phi) is 7.40. The summed E-state index contributed by atoms with van der Waals surface area (Å²) in [6.45, 7) is 2.14. The number of nitrogens with zero attached hydrogens (tertiary/aromatic N) is 5. The minimum atomic E-state index is 0.0483. The van der Waals surface area contributed by atoms with Gasteiger partial charge in [0.25, 0.3) is 5.91 Å². The van der Waals surface area contributed by atoms with Crippen molar-refractivity contribution in [1.29, 1.82) is 0 Å². The largest absolute Gasteiger partial charge is 0.457 e. The average Bonchev–Trinajstić information content (AvgIpc) is 3.37. The fraction of sp³-hybridized carbons (Fsp3) is 0.267. The smallest absolute Gasteiger partial charge is 0.253 e. The highest BCUT2D eigenvalue weighted by Crippen LogP contribution is 2.31. The molecule has 2 aliphatic rings. The van der Waals surface area contributed by atoms with Crippen LogP contribution in [0.15, 0.2) is 88.6 Å². The van der Waals surface area contributed by atoms with E-state index in [0.717, 1.165) is 53.2 Å². The Hall–Kier alpha value is -3.98. The van der Waals surface area contributed by atoms with E-state index in [1.165, 1.54) is 0 Å². The van der Waals surface area contributed by atoms with Gasteiger partial charge in [-0.15, -0.1) is 0 Å². The molecule has 0 aliphatic carbocycles. The number of hydrogen-bond acceptors (Lipinski definition) is 6. The van der Waals surface area contributed by atoms with E-state index in [4.69, 9.17) is 9.72 Å². The van der Waals surface area contributed by atoms with Crippen molar-refractivity contribution in [2.24, 2.45) is 10.9 Å². The van der Waals surface area contributed by atoms with Crippen molar-refractivity contribution >= 4 is 39.5 Å². The van der Waals surface area contributed by atoms with Gasteiger partial charge in [-0.2, -0.15) is 9.61 Å². The monoisotopic (exact) mass is 584 g/mol. The van der Waals surface area contributed by atoms with Gasteiger partial charge in [0.2, 0.25) is 0 Å². The van der Waals surface area contributed by atoms with E-state index in [1.807, 2.05) is 76.4 Å². The van der Waals surface area contributed by atoms with E-state index in [2.05, 4.69) is 43.5 Å². The summed E-state index contributed by atoms with van der Waals surface area (Å²) in [5.41, 5.74) is 2.49. The molecule has 39 heavy (non-hydrogen) atoms. The lowest BCUT2D eigenvalue weighted by Gasteiger charge is -2.32. The van der Waals surface area contributed by atoms with Crippen molar-refractivity contribution in [2.45, 2.75) is 25.2 Å². The molecular weight excluding hydrogens is 556 g/mol. The molecule has 4 aromatic rings. The van der Waals surface area contributed by atoms with Gasteiger partial charge in [0.05, 0.1) is 10.7 Å². The van der Waals surface area contributed by atoms with Gasteiger partial charge < -0.3 is 15.0 Å². The van der Waals surface area contributed by atoms with Crippen molar-refractivity contribution in [2.75, 3.05) is 25.0 Å². The topological polar surface area (TPSA) is 84.1 Å². The number of aromatic nitrogens is 3. The van der Waals surface area contributed by atoms with Gasteiger partial charge in [-0.1, -0.05) is 24.3 Å². The Labute approximate surface area is 235 Å². The lowest BCUT2D eigenvalue weighted by atomic mass is 9.92. The Morgan fingerprint density at radius 3 is 2.56 bits per heavy atom. The predicted octanol–water partition coefficient (Wildman–Crippen LogP) is 6.32. The molecule has 0 radical (unpaired) electrons. The van der Waals surface area contributed by atoms with Crippen LogP contribution in [0.1, 0.15) is 41.2 Å². The molecule has 4 heterocycles. The SMILES string of the molecule is O=C(c1ccc(Oc2ccccc2)cc1)N1CCC(c2cc(NCC3C=NC=CC3)n3ncc(Br)c3n2)CC1. The van der Waals surface area contributed by atoms with E-state index >= 15 is 0 Å². The lowest BCUT2D eigenvalue weighted by molar-refractivity contribution is 0.0712. The number of rotatable bonds is 7. The van der Waals surface area contributed by atoms with Gasteiger partial charge >= 0.3 is 0 Å². The normalized spacial score (nSPS) is 17.5. The lowest BCUT2D eigenvalue weighted by Crippen LogP contribution is -2.38. The highest BCUT2D eigenvalue weighted by molar-refractivity contribution is 9.10. The average molecular weight is 586 g/mol. The zero-order valence-corrected chi connectivity index (χ0v) is 23.0. The van der Waals surface area contributed by atoms with Crippen LogP contribution in [-0.4, -0.2) is 51.3 Å². The van der Waals surface area contributed by atoms with E-state index in [0.29, 0.717) is 30.3 Å². The van der Waals surface area contributed by atoms with Gasteiger partial charge in [-0.05, 0) is 71.6 Å². The number of aliphatic imine (C=N–C) groups is 1. The first-order chi connectivity index (χ1) is 19.1. The number of fused-ring (bicyclic) bond motifs is 1. The number of halogens is 1. The van der Waals surface area contributed by atoms with Gasteiger partial charge in [-0.25, -0.2) is 4.98 Å².